The first-order chi connectivity index (χ1) is 21.7. The Morgan fingerprint density at radius 1 is 0.822 bits per heavy atom. The second-order valence-corrected chi connectivity index (χ2v) is 13.6. The summed E-state index contributed by atoms with van der Waals surface area (Å²) in [5.74, 6) is -1.17. The maximum absolute atomic E-state index is 13.0. The molecule has 0 radical (unpaired) electrons. The average Bonchev–Trinajstić information content (AvgIpc) is 3.54. The first-order valence-electron chi connectivity index (χ1n) is 13.3. The van der Waals surface area contributed by atoms with Gasteiger partial charge in [-0.3, -0.25) is 9.59 Å². The quantitative estimate of drug-likeness (QED) is 0.0738. The molecule has 12 heteroatoms. The molecule has 6 aromatic rings. The Morgan fingerprint density at radius 3 is 2.31 bits per heavy atom. The molecule has 0 saturated heterocycles. The van der Waals surface area contributed by atoms with Crippen molar-refractivity contribution in [1.29, 1.82) is 0 Å². The SMILES string of the molecule is Cc1ccc2c(Cl)c(C(=O)Nc3ccc(C(=O)N/N=C\c4cc(Br)ccc4OC(=O)c4sc5ccccc5c4Cl)cc3)sc2c1. The van der Waals surface area contributed by atoms with E-state index in [2.05, 4.69) is 31.8 Å². The van der Waals surface area contributed by atoms with Crippen LogP contribution < -0.4 is 15.5 Å². The number of esters is 1. The van der Waals surface area contributed by atoms with Crippen LogP contribution in [0.15, 0.2) is 94.5 Å². The molecule has 0 spiro atoms. The highest BCUT2D eigenvalue weighted by atomic mass is 79.9. The number of anilines is 1. The van der Waals surface area contributed by atoms with Gasteiger partial charge in [0.1, 0.15) is 15.5 Å². The van der Waals surface area contributed by atoms with Crippen LogP contribution in [0.25, 0.3) is 20.2 Å². The number of nitrogens with zero attached hydrogens (tertiary/aromatic N) is 1. The minimum atomic E-state index is -0.598. The summed E-state index contributed by atoms with van der Waals surface area (Å²) in [6.45, 7) is 1.98. The summed E-state index contributed by atoms with van der Waals surface area (Å²) < 4.78 is 8.20. The fraction of sp³-hybridized carbons (Fsp3) is 0.0303. The van der Waals surface area contributed by atoms with Gasteiger partial charge in [0.25, 0.3) is 11.8 Å². The largest absolute Gasteiger partial charge is 0.422 e. The van der Waals surface area contributed by atoms with Crippen molar-refractivity contribution >= 4 is 112 Å². The summed E-state index contributed by atoms with van der Waals surface area (Å²) in [5.41, 5.74) is 4.83. The molecule has 2 amide bonds. The molecular weight excluding hydrogens is 717 g/mol. The van der Waals surface area contributed by atoms with Gasteiger partial charge < -0.3 is 10.1 Å². The maximum Gasteiger partial charge on any atom is 0.355 e. The molecule has 0 aliphatic rings. The highest BCUT2D eigenvalue weighted by Crippen LogP contribution is 2.37. The van der Waals surface area contributed by atoms with Gasteiger partial charge in [-0.15, -0.1) is 22.7 Å². The number of aryl methyl sites for hydroxylation is 1. The number of ether oxygens (including phenoxy) is 1. The summed E-state index contributed by atoms with van der Waals surface area (Å²) in [6, 6.07) is 24.7. The van der Waals surface area contributed by atoms with E-state index in [0.717, 1.165) is 30.2 Å². The molecule has 0 atom stereocenters. The molecule has 0 bridgehead atoms. The topological polar surface area (TPSA) is 96.9 Å². The van der Waals surface area contributed by atoms with Gasteiger partial charge in [-0.2, -0.15) is 5.10 Å². The highest BCUT2D eigenvalue weighted by molar-refractivity contribution is 9.10. The molecule has 6 rings (SSSR count). The van der Waals surface area contributed by atoms with E-state index in [9.17, 15) is 14.4 Å². The lowest BCUT2D eigenvalue weighted by Gasteiger charge is -2.08. The van der Waals surface area contributed by atoms with Crippen molar-refractivity contribution < 1.29 is 19.1 Å². The molecule has 7 nitrogen and oxygen atoms in total. The number of rotatable bonds is 7. The number of hydrogen-bond donors (Lipinski definition) is 2. The number of hydrogen-bond acceptors (Lipinski definition) is 7. The summed E-state index contributed by atoms with van der Waals surface area (Å²) in [4.78, 5) is 39.4. The summed E-state index contributed by atoms with van der Waals surface area (Å²) >= 11 is 18.9. The molecule has 224 valence electrons. The van der Waals surface area contributed by atoms with Crippen molar-refractivity contribution in [3.8, 4) is 5.75 Å². The van der Waals surface area contributed by atoms with Crippen LogP contribution in [-0.2, 0) is 0 Å². The van der Waals surface area contributed by atoms with Crippen LogP contribution in [-0.4, -0.2) is 24.0 Å². The lowest BCUT2D eigenvalue weighted by atomic mass is 10.2. The minimum Gasteiger partial charge on any atom is -0.422 e. The van der Waals surface area contributed by atoms with Gasteiger partial charge in [0.15, 0.2) is 0 Å². The number of benzene rings is 4. The Hall–Kier alpha value is -4.06. The van der Waals surface area contributed by atoms with Gasteiger partial charge in [-0.1, -0.05) is 69.5 Å². The number of nitrogens with one attached hydrogen (secondary N) is 2. The van der Waals surface area contributed by atoms with Crippen molar-refractivity contribution in [2.45, 2.75) is 6.92 Å². The van der Waals surface area contributed by atoms with Crippen LogP contribution in [0.1, 0.15) is 40.8 Å². The Balaban J connectivity index is 1.11. The van der Waals surface area contributed by atoms with E-state index in [1.54, 1.807) is 42.5 Å². The standard InChI is InChI=1S/C33H20BrCl2N3O4S2/c1-17-6-12-23-26(14-17)45-29(27(23)35)32(41)38-21-10-7-18(8-11-21)31(40)39-37-16-19-15-20(34)9-13-24(19)43-33(42)30-28(36)22-4-2-3-5-25(22)44-30/h2-16H,1H3,(H,38,41)(H,39,40)/b37-16-. The minimum absolute atomic E-state index is 0.240. The number of fused-ring (bicyclic) bond motifs is 2. The fourth-order valence-electron chi connectivity index (χ4n) is 4.44. The van der Waals surface area contributed by atoms with Crippen LogP contribution in [0.2, 0.25) is 10.0 Å². The molecule has 2 N–H and O–H groups in total. The number of carbonyl (C=O) groups is 3. The number of carbonyl (C=O) groups excluding carboxylic acids is 3. The van der Waals surface area contributed by atoms with Crippen LogP contribution >= 0.6 is 61.8 Å². The van der Waals surface area contributed by atoms with Gasteiger partial charge in [-0.05, 0) is 67.1 Å². The zero-order valence-corrected chi connectivity index (χ0v) is 27.9. The summed E-state index contributed by atoms with van der Waals surface area (Å²) in [7, 11) is 0. The second-order valence-electron chi connectivity index (χ2n) is 9.79. The van der Waals surface area contributed by atoms with Crippen molar-refractivity contribution in [3.05, 3.63) is 126 Å². The molecule has 0 aliphatic carbocycles. The van der Waals surface area contributed by atoms with Crippen molar-refractivity contribution in [1.82, 2.24) is 5.43 Å². The lowest BCUT2D eigenvalue weighted by molar-refractivity contribution is 0.0739. The number of amides is 2. The second kappa shape index (κ2) is 13.1. The molecule has 0 aliphatic heterocycles. The van der Waals surface area contributed by atoms with E-state index in [0.29, 0.717) is 36.6 Å². The molecular formula is C33H20BrCl2N3O4S2. The third-order valence-electron chi connectivity index (χ3n) is 6.66. The lowest BCUT2D eigenvalue weighted by Crippen LogP contribution is -2.18. The summed E-state index contributed by atoms with van der Waals surface area (Å²) in [5, 5.41) is 9.24. The normalized spacial score (nSPS) is 11.3. The average molecular weight is 737 g/mol. The smallest absolute Gasteiger partial charge is 0.355 e. The third-order valence-corrected chi connectivity index (χ3v) is 10.5. The van der Waals surface area contributed by atoms with Crippen LogP contribution in [0, 0.1) is 6.92 Å². The molecule has 0 unspecified atom stereocenters. The zero-order valence-electron chi connectivity index (χ0n) is 23.2. The van der Waals surface area contributed by atoms with Gasteiger partial charge >= 0.3 is 5.97 Å². The van der Waals surface area contributed by atoms with E-state index in [4.69, 9.17) is 27.9 Å². The van der Waals surface area contributed by atoms with Gasteiger partial charge in [0.05, 0.1) is 16.3 Å². The molecule has 0 saturated carbocycles. The monoisotopic (exact) mass is 735 g/mol. The molecule has 0 fully saturated rings. The predicted octanol–water partition coefficient (Wildman–Crippen LogP) is 9.73. The third kappa shape index (κ3) is 6.66. The highest BCUT2D eigenvalue weighted by Gasteiger charge is 2.20. The summed E-state index contributed by atoms with van der Waals surface area (Å²) in [6.07, 6.45) is 1.38. The van der Waals surface area contributed by atoms with Crippen LogP contribution in [0.3, 0.4) is 0 Å². The van der Waals surface area contributed by atoms with E-state index >= 15 is 0 Å². The Bertz CT molecular complexity index is 2160. The first-order valence-corrected chi connectivity index (χ1v) is 16.5. The number of thiophene rings is 2. The Labute approximate surface area is 283 Å². The predicted molar refractivity (Wildman–Crippen MR) is 187 cm³/mol. The van der Waals surface area contributed by atoms with Crippen molar-refractivity contribution in [2.24, 2.45) is 5.10 Å². The van der Waals surface area contributed by atoms with Gasteiger partial charge in [0.2, 0.25) is 0 Å². The Kier molecular flexibility index (Phi) is 9.02. The maximum atomic E-state index is 13.0. The number of halogens is 3. The Morgan fingerprint density at radius 2 is 1.53 bits per heavy atom. The van der Waals surface area contributed by atoms with Crippen LogP contribution in [0.5, 0.6) is 5.75 Å². The molecule has 2 heterocycles. The van der Waals surface area contributed by atoms with Gasteiger partial charge in [-0.25, -0.2) is 10.2 Å². The number of hydrazone groups is 1. The first kappa shape index (κ1) is 30.9. The molecule has 4 aromatic carbocycles. The van der Waals surface area contributed by atoms with E-state index in [1.165, 1.54) is 28.9 Å². The fourth-order valence-corrected chi connectivity index (χ4v) is 7.71. The van der Waals surface area contributed by atoms with E-state index in [-0.39, 0.29) is 11.7 Å². The van der Waals surface area contributed by atoms with Crippen molar-refractivity contribution in [2.75, 3.05) is 5.32 Å². The van der Waals surface area contributed by atoms with E-state index in [1.807, 2.05) is 49.4 Å². The van der Waals surface area contributed by atoms with E-state index < -0.39 is 11.9 Å². The zero-order chi connectivity index (χ0) is 31.7. The molecule has 45 heavy (non-hydrogen) atoms. The van der Waals surface area contributed by atoms with Crippen molar-refractivity contribution in [3.63, 3.8) is 0 Å². The van der Waals surface area contributed by atoms with Crippen LogP contribution in [0.4, 0.5) is 5.69 Å². The van der Waals surface area contributed by atoms with Gasteiger partial charge in [0, 0.05) is 41.5 Å². The molecule has 2 aromatic heterocycles.